The molecule has 0 bridgehead atoms. The Kier molecular flexibility index (Phi) is 5.51. The quantitative estimate of drug-likeness (QED) is 0.690. The maximum atomic E-state index is 6.16. The highest BCUT2D eigenvalue weighted by molar-refractivity contribution is 6.48. The van der Waals surface area contributed by atoms with Crippen molar-refractivity contribution in [3.63, 3.8) is 0 Å². The predicted octanol–water partition coefficient (Wildman–Crippen LogP) is 3.02. The SMILES string of the molecule is CN(C)[SiH](CCC(C)(C)C)OC(C)(C)C. The van der Waals surface area contributed by atoms with E-state index in [1.807, 2.05) is 0 Å². The number of nitrogens with zero attached hydrogens (tertiary/aromatic N) is 1. The Morgan fingerprint density at radius 2 is 1.47 bits per heavy atom. The first-order valence-corrected chi connectivity index (χ1v) is 7.66. The normalized spacial score (nSPS) is 15.8. The Bertz CT molecular complexity index is 179. The second-order valence-corrected chi connectivity index (χ2v) is 9.50. The van der Waals surface area contributed by atoms with Crippen molar-refractivity contribution in [2.45, 2.75) is 59.6 Å². The highest BCUT2D eigenvalue weighted by Crippen LogP contribution is 2.24. The smallest absolute Gasteiger partial charge is 0.255 e. The zero-order chi connectivity index (χ0) is 12.3. The molecule has 0 N–H and O–H groups in total. The van der Waals surface area contributed by atoms with Crippen LogP contribution < -0.4 is 0 Å². The van der Waals surface area contributed by atoms with Crippen molar-refractivity contribution in [2.75, 3.05) is 14.1 Å². The molecule has 15 heavy (non-hydrogen) atoms. The third-order valence-corrected chi connectivity index (χ3v) is 5.12. The Labute approximate surface area is 97.8 Å². The Balaban J connectivity index is 4.18. The van der Waals surface area contributed by atoms with Gasteiger partial charge in [-0.15, -0.1) is 0 Å². The number of rotatable bonds is 4. The highest BCUT2D eigenvalue weighted by Gasteiger charge is 2.24. The summed E-state index contributed by atoms with van der Waals surface area (Å²) in [4.78, 5) is 0. The fraction of sp³-hybridized carbons (Fsp3) is 1.00. The first-order valence-electron chi connectivity index (χ1n) is 5.85. The van der Waals surface area contributed by atoms with Gasteiger partial charge < -0.3 is 8.99 Å². The van der Waals surface area contributed by atoms with Gasteiger partial charge in [-0.2, -0.15) is 0 Å². The van der Waals surface area contributed by atoms with Crippen molar-refractivity contribution in [2.24, 2.45) is 5.41 Å². The molecular formula is C12H29NOSi. The summed E-state index contributed by atoms with van der Waals surface area (Å²) >= 11 is 0. The highest BCUT2D eigenvalue weighted by atomic mass is 28.3. The van der Waals surface area contributed by atoms with Crippen molar-refractivity contribution in [3.05, 3.63) is 0 Å². The van der Waals surface area contributed by atoms with Crippen LogP contribution in [0.15, 0.2) is 0 Å². The molecule has 2 nitrogen and oxygen atoms in total. The Hall–Kier alpha value is 0.137. The van der Waals surface area contributed by atoms with Gasteiger partial charge in [0.15, 0.2) is 0 Å². The van der Waals surface area contributed by atoms with Crippen LogP contribution in [0.1, 0.15) is 48.0 Å². The second kappa shape index (κ2) is 5.46. The molecule has 0 saturated carbocycles. The molecule has 1 atom stereocenters. The topological polar surface area (TPSA) is 12.5 Å². The zero-order valence-electron chi connectivity index (χ0n) is 11.8. The molecule has 1 unspecified atom stereocenters. The second-order valence-electron chi connectivity index (χ2n) is 6.75. The van der Waals surface area contributed by atoms with Crippen LogP contribution >= 0.6 is 0 Å². The summed E-state index contributed by atoms with van der Waals surface area (Å²) in [6.07, 6.45) is 1.25. The van der Waals surface area contributed by atoms with Gasteiger partial charge in [-0.05, 0) is 52.7 Å². The monoisotopic (exact) mass is 231 g/mol. The van der Waals surface area contributed by atoms with Crippen LogP contribution in [0.25, 0.3) is 0 Å². The van der Waals surface area contributed by atoms with Gasteiger partial charge in [-0.1, -0.05) is 20.8 Å². The number of hydrogen-bond donors (Lipinski definition) is 0. The van der Waals surface area contributed by atoms with Gasteiger partial charge in [-0.3, -0.25) is 0 Å². The van der Waals surface area contributed by atoms with E-state index < -0.39 is 9.20 Å². The van der Waals surface area contributed by atoms with Crippen molar-refractivity contribution >= 4 is 9.20 Å². The minimum atomic E-state index is -1.20. The molecule has 0 heterocycles. The maximum Gasteiger partial charge on any atom is 0.255 e. The molecule has 0 radical (unpaired) electrons. The van der Waals surface area contributed by atoms with E-state index in [1.165, 1.54) is 12.5 Å². The van der Waals surface area contributed by atoms with Crippen molar-refractivity contribution in [3.8, 4) is 0 Å². The van der Waals surface area contributed by atoms with Crippen LogP contribution in [-0.4, -0.2) is 33.5 Å². The molecule has 0 aliphatic rings. The lowest BCUT2D eigenvalue weighted by Gasteiger charge is -2.32. The van der Waals surface area contributed by atoms with Crippen LogP contribution in [0.2, 0.25) is 6.04 Å². The molecule has 92 valence electrons. The van der Waals surface area contributed by atoms with Gasteiger partial charge in [-0.25, -0.2) is 0 Å². The van der Waals surface area contributed by atoms with Crippen molar-refractivity contribution in [1.82, 2.24) is 4.57 Å². The zero-order valence-corrected chi connectivity index (χ0v) is 13.0. The predicted molar refractivity (Wildman–Crippen MR) is 70.6 cm³/mol. The molecule has 0 aliphatic heterocycles. The van der Waals surface area contributed by atoms with Crippen molar-refractivity contribution < 1.29 is 4.43 Å². The van der Waals surface area contributed by atoms with E-state index in [2.05, 4.69) is 60.2 Å². The fourth-order valence-electron chi connectivity index (χ4n) is 1.39. The fourth-order valence-corrected chi connectivity index (χ4v) is 4.16. The van der Waals surface area contributed by atoms with E-state index in [9.17, 15) is 0 Å². The molecule has 0 aliphatic carbocycles. The van der Waals surface area contributed by atoms with Gasteiger partial charge in [0.05, 0.1) is 0 Å². The van der Waals surface area contributed by atoms with E-state index in [4.69, 9.17) is 4.43 Å². The van der Waals surface area contributed by atoms with Gasteiger partial charge in [0.2, 0.25) is 0 Å². The number of hydrogen-bond acceptors (Lipinski definition) is 2. The standard InChI is InChI=1S/C12H29NOSi/c1-11(2,3)9-10-15(13(7)8)14-12(4,5)6/h15H,9-10H2,1-8H3. The van der Waals surface area contributed by atoms with E-state index in [-0.39, 0.29) is 5.60 Å². The molecule has 0 fully saturated rings. The van der Waals surface area contributed by atoms with Crippen LogP contribution in [0, 0.1) is 5.41 Å². The van der Waals surface area contributed by atoms with Crippen LogP contribution in [0.4, 0.5) is 0 Å². The summed E-state index contributed by atoms with van der Waals surface area (Å²) in [5, 5.41) is 0. The average molecular weight is 231 g/mol. The lowest BCUT2D eigenvalue weighted by molar-refractivity contribution is 0.111. The summed E-state index contributed by atoms with van der Waals surface area (Å²) in [5.74, 6) is 0. The van der Waals surface area contributed by atoms with E-state index >= 15 is 0 Å². The molecule has 0 rings (SSSR count). The molecule has 0 amide bonds. The average Bonchev–Trinajstić information content (AvgIpc) is 1.93. The van der Waals surface area contributed by atoms with Gasteiger partial charge in [0, 0.05) is 5.60 Å². The van der Waals surface area contributed by atoms with Crippen LogP contribution in [-0.2, 0) is 4.43 Å². The largest absolute Gasteiger partial charge is 0.401 e. The molecule has 0 aromatic rings. The minimum Gasteiger partial charge on any atom is -0.401 e. The first kappa shape index (κ1) is 15.1. The molecule has 0 saturated heterocycles. The van der Waals surface area contributed by atoms with E-state index in [0.717, 1.165) is 0 Å². The Morgan fingerprint density at radius 3 is 1.73 bits per heavy atom. The first-order chi connectivity index (χ1) is 6.51. The van der Waals surface area contributed by atoms with Gasteiger partial charge in [0.25, 0.3) is 9.20 Å². The molecular weight excluding hydrogens is 202 g/mol. The van der Waals surface area contributed by atoms with Gasteiger partial charge in [0.1, 0.15) is 0 Å². The maximum absolute atomic E-state index is 6.16. The summed E-state index contributed by atoms with van der Waals surface area (Å²) in [7, 11) is 3.09. The van der Waals surface area contributed by atoms with E-state index in [1.54, 1.807) is 0 Å². The minimum absolute atomic E-state index is 0.000949. The summed E-state index contributed by atoms with van der Waals surface area (Å²) in [5.41, 5.74) is 0.418. The molecule has 0 aromatic heterocycles. The third-order valence-electron chi connectivity index (χ3n) is 2.21. The van der Waals surface area contributed by atoms with Crippen LogP contribution in [0.3, 0.4) is 0 Å². The summed E-state index contributed by atoms with van der Waals surface area (Å²) in [6.45, 7) is 13.3. The summed E-state index contributed by atoms with van der Waals surface area (Å²) in [6, 6.07) is 1.23. The van der Waals surface area contributed by atoms with Gasteiger partial charge >= 0.3 is 0 Å². The molecule has 0 aromatic carbocycles. The van der Waals surface area contributed by atoms with E-state index in [0.29, 0.717) is 5.41 Å². The lowest BCUT2D eigenvalue weighted by atomic mass is 9.94. The van der Waals surface area contributed by atoms with Crippen LogP contribution in [0.5, 0.6) is 0 Å². The molecule has 0 spiro atoms. The van der Waals surface area contributed by atoms with Crippen molar-refractivity contribution in [1.29, 1.82) is 0 Å². The Morgan fingerprint density at radius 1 is 1.00 bits per heavy atom. The summed E-state index contributed by atoms with van der Waals surface area (Å²) < 4.78 is 8.46. The third kappa shape index (κ3) is 9.09. The lowest BCUT2D eigenvalue weighted by Crippen LogP contribution is -2.42. The molecule has 3 heteroatoms.